The number of carbonyl (C=O) groups excluding carboxylic acids is 3. The van der Waals surface area contributed by atoms with Crippen molar-refractivity contribution in [1.29, 1.82) is 0 Å². The molecule has 0 saturated heterocycles. The first-order chi connectivity index (χ1) is 13.4. The standard InChI is InChI=1S/C20H27ClN4O3/c1-25(13-18(26)23-17-10-6-5-9-16(17)21)14-19(27)24-20(28)22-12-11-15-7-3-2-4-8-15/h5-7,9-10H,2-4,8,11-14H2,1H3,(H,23,26)(H2,22,24,27,28). The second-order valence-corrected chi connectivity index (χ2v) is 7.27. The van der Waals surface area contributed by atoms with Crippen LogP contribution in [0.15, 0.2) is 35.9 Å². The highest BCUT2D eigenvalue weighted by molar-refractivity contribution is 6.33. The van der Waals surface area contributed by atoms with Gasteiger partial charge in [-0.3, -0.25) is 19.8 Å². The van der Waals surface area contributed by atoms with Crippen LogP contribution in [0.1, 0.15) is 32.1 Å². The molecular weight excluding hydrogens is 380 g/mol. The first kappa shape index (κ1) is 21.9. The van der Waals surface area contributed by atoms with E-state index in [1.165, 1.54) is 23.3 Å². The molecule has 28 heavy (non-hydrogen) atoms. The summed E-state index contributed by atoms with van der Waals surface area (Å²) in [5.41, 5.74) is 1.88. The van der Waals surface area contributed by atoms with Crippen molar-refractivity contribution in [3.05, 3.63) is 40.9 Å². The fraction of sp³-hybridized carbons (Fsp3) is 0.450. The molecule has 0 aliphatic heterocycles. The lowest BCUT2D eigenvalue weighted by Crippen LogP contribution is -2.45. The van der Waals surface area contributed by atoms with Crippen molar-refractivity contribution in [2.45, 2.75) is 32.1 Å². The molecule has 0 spiro atoms. The smallest absolute Gasteiger partial charge is 0.321 e. The molecule has 1 aromatic carbocycles. The maximum absolute atomic E-state index is 12.0. The summed E-state index contributed by atoms with van der Waals surface area (Å²) in [6.07, 6.45) is 7.67. The minimum absolute atomic E-state index is 0.00554. The summed E-state index contributed by atoms with van der Waals surface area (Å²) in [6, 6.07) is 6.39. The summed E-state index contributed by atoms with van der Waals surface area (Å²) in [4.78, 5) is 37.3. The van der Waals surface area contributed by atoms with Crippen molar-refractivity contribution < 1.29 is 14.4 Å². The van der Waals surface area contributed by atoms with Gasteiger partial charge in [0.1, 0.15) is 0 Å². The molecule has 0 fully saturated rings. The number of urea groups is 1. The fourth-order valence-electron chi connectivity index (χ4n) is 2.98. The van der Waals surface area contributed by atoms with E-state index in [4.69, 9.17) is 11.6 Å². The Morgan fingerprint density at radius 2 is 1.86 bits per heavy atom. The van der Waals surface area contributed by atoms with Gasteiger partial charge in [-0.25, -0.2) is 4.79 Å². The Kier molecular flexibility index (Phi) is 8.97. The molecular formula is C20H27ClN4O3. The van der Waals surface area contributed by atoms with Crippen LogP contribution in [0.5, 0.6) is 0 Å². The Labute approximate surface area is 170 Å². The van der Waals surface area contributed by atoms with Crippen molar-refractivity contribution in [2.75, 3.05) is 32.0 Å². The molecule has 0 bridgehead atoms. The average Bonchev–Trinajstić information content (AvgIpc) is 2.64. The van der Waals surface area contributed by atoms with Gasteiger partial charge in [0.2, 0.25) is 11.8 Å². The van der Waals surface area contributed by atoms with Gasteiger partial charge < -0.3 is 10.6 Å². The number of hydrogen-bond donors (Lipinski definition) is 3. The maximum atomic E-state index is 12.0. The summed E-state index contributed by atoms with van der Waals surface area (Å²) in [5.74, 6) is -0.768. The van der Waals surface area contributed by atoms with Gasteiger partial charge in [0.05, 0.1) is 23.8 Å². The fourth-order valence-corrected chi connectivity index (χ4v) is 3.16. The first-order valence-corrected chi connectivity index (χ1v) is 9.80. The first-order valence-electron chi connectivity index (χ1n) is 9.42. The zero-order valence-electron chi connectivity index (χ0n) is 16.1. The van der Waals surface area contributed by atoms with Crippen LogP contribution in [0.25, 0.3) is 0 Å². The number of nitrogens with zero attached hydrogens (tertiary/aromatic N) is 1. The van der Waals surface area contributed by atoms with E-state index in [0.717, 1.165) is 19.3 Å². The lowest BCUT2D eigenvalue weighted by atomic mass is 9.97. The van der Waals surface area contributed by atoms with Crippen molar-refractivity contribution in [3.63, 3.8) is 0 Å². The molecule has 0 heterocycles. The van der Waals surface area contributed by atoms with E-state index in [9.17, 15) is 14.4 Å². The van der Waals surface area contributed by atoms with Crippen LogP contribution in [0.4, 0.5) is 10.5 Å². The van der Waals surface area contributed by atoms with Gasteiger partial charge in [0.15, 0.2) is 0 Å². The number of halogens is 1. The van der Waals surface area contributed by atoms with Crippen LogP contribution < -0.4 is 16.0 Å². The Hall–Kier alpha value is -2.38. The molecule has 0 atom stereocenters. The van der Waals surface area contributed by atoms with Gasteiger partial charge in [-0.1, -0.05) is 35.4 Å². The Bertz CT molecular complexity index is 736. The van der Waals surface area contributed by atoms with Gasteiger partial charge in [-0.2, -0.15) is 0 Å². The predicted octanol–water partition coefficient (Wildman–Crippen LogP) is 2.93. The molecule has 152 valence electrons. The summed E-state index contributed by atoms with van der Waals surface area (Å²) >= 11 is 6.00. The van der Waals surface area contributed by atoms with Crippen molar-refractivity contribution in [1.82, 2.24) is 15.5 Å². The quantitative estimate of drug-likeness (QED) is 0.579. The van der Waals surface area contributed by atoms with E-state index in [1.54, 1.807) is 31.3 Å². The molecule has 2 rings (SSSR count). The Morgan fingerprint density at radius 3 is 2.57 bits per heavy atom. The van der Waals surface area contributed by atoms with E-state index in [2.05, 4.69) is 22.0 Å². The minimum Gasteiger partial charge on any atom is -0.337 e. The molecule has 4 amide bonds. The van der Waals surface area contributed by atoms with Crippen LogP contribution in [-0.4, -0.2) is 49.4 Å². The van der Waals surface area contributed by atoms with E-state index < -0.39 is 11.9 Å². The second kappa shape index (κ2) is 11.5. The number of benzene rings is 1. The van der Waals surface area contributed by atoms with E-state index in [-0.39, 0.29) is 19.0 Å². The summed E-state index contributed by atoms with van der Waals surface area (Å²) in [7, 11) is 1.62. The predicted molar refractivity (Wildman–Crippen MR) is 110 cm³/mol. The topological polar surface area (TPSA) is 90.5 Å². The summed E-state index contributed by atoms with van der Waals surface area (Å²) in [5, 5.41) is 8.09. The summed E-state index contributed by atoms with van der Waals surface area (Å²) < 4.78 is 0. The Morgan fingerprint density at radius 1 is 1.11 bits per heavy atom. The molecule has 1 aliphatic carbocycles. The van der Waals surface area contributed by atoms with Gasteiger partial charge >= 0.3 is 6.03 Å². The monoisotopic (exact) mass is 406 g/mol. The largest absolute Gasteiger partial charge is 0.337 e. The van der Waals surface area contributed by atoms with Crippen LogP contribution in [0.3, 0.4) is 0 Å². The molecule has 7 nitrogen and oxygen atoms in total. The molecule has 0 aromatic heterocycles. The molecule has 0 unspecified atom stereocenters. The normalized spacial score (nSPS) is 13.6. The average molecular weight is 407 g/mol. The number of hydrogen-bond acceptors (Lipinski definition) is 4. The lowest BCUT2D eigenvalue weighted by Gasteiger charge is -2.16. The molecule has 1 aliphatic rings. The third-order valence-electron chi connectivity index (χ3n) is 4.34. The van der Waals surface area contributed by atoms with Gasteiger partial charge in [0, 0.05) is 6.54 Å². The molecule has 0 radical (unpaired) electrons. The summed E-state index contributed by atoms with van der Waals surface area (Å²) in [6.45, 7) is 0.421. The van der Waals surface area contributed by atoms with Crippen LogP contribution in [-0.2, 0) is 9.59 Å². The Balaban J connectivity index is 1.64. The number of para-hydroxylation sites is 1. The minimum atomic E-state index is -0.518. The highest BCUT2D eigenvalue weighted by atomic mass is 35.5. The number of likely N-dealkylation sites (N-methyl/N-ethyl adjacent to an activating group) is 1. The van der Waals surface area contributed by atoms with Crippen LogP contribution in [0.2, 0.25) is 5.02 Å². The second-order valence-electron chi connectivity index (χ2n) is 6.86. The number of nitrogens with one attached hydrogen (secondary N) is 3. The third-order valence-corrected chi connectivity index (χ3v) is 4.67. The SMILES string of the molecule is CN(CC(=O)NC(=O)NCCC1=CCCCC1)CC(=O)Nc1ccccc1Cl. The third kappa shape index (κ3) is 8.10. The number of amides is 4. The molecule has 1 aromatic rings. The lowest BCUT2D eigenvalue weighted by molar-refractivity contribution is -0.122. The van der Waals surface area contributed by atoms with Crippen molar-refractivity contribution in [3.8, 4) is 0 Å². The van der Waals surface area contributed by atoms with E-state index in [1.807, 2.05) is 0 Å². The number of allylic oxidation sites excluding steroid dienone is 1. The number of anilines is 1. The molecule has 8 heteroatoms. The van der Waals surface area contributed by atoms with Crippen molar-refractivity contribution >= 4 is 35.1 Å². The zero-order chi connectivity index (χ0) is 20.4. The highest BCUT2D eigenvalue weighted by Crippen LogP contribution is 2.20. The van der Waals surface area contributed by atoms with Gasteiger partial charge in [-0.05, 0) is 51.3 Å². The van der Waals surface area contributed by atoms with E-state index in [0.29, 0.717) is 17.3 Å². The highest BCUT2D eigenvalue weighted by Gasteiger charge is 2.14. The van der Waals surface area contributed by atoms with Crippen LogP contribution in [0, 0.1) is 0 Å². The molecule has 3 N–H and O–H groups in total. The van der Waals surface area contributed by atoms with Crippen LogP contribution >= 0.6 is 11.6 Å². The number of carbonyl (C=O) groups is 3. The van der Waals surface area contributed by atoms with Gasteiger partial charge in [0.25, 0.3) is 0 Å². The number of rotatable bonds is 8. The molecule has 0 saturated carbocycles. The van der Waals surface area contributed by atoms with E-state index >= 15 is 0 Å². The zero-order valence-corrected chi connectivity index (χ0v) is 16.8. The maximum Gasteiger partial charge on any atom is 0.321 e. The van der Waals surface area contributed by atoms with Gasteiger partial charge in [-0.15, -0.1) is 0 Å². The number of imide groups is 1. The van der Waals surface area contributed by atoms with Crippen molar-refractivity contribution in [2.24, 2.45) is 0 Å².